The lowest BCUT2D eigenvalue weighted by atomic mass is 10.00. The number of carbonyl (C=O) groups excluding carboxylic acids is 5. The summed E-state index contributed by atoms with van der Waals surface area (Å²) in [7, 11) is 0. The lowest BCUT2D eigenvalue weighted by molar-refractivity contribution is -0.152. The minimum Gasteiger partial charge on any atom is -0.456 e. The smallest absolute Gasteiger partial charge is 0.334 e. The van der Waals surface area contributed by atoms with Gasteiger partial charge in [0.2, 0.25) is 11.8 Å². The number of unbranched alkanes of at least 4 members (excludes halogenated alkanes) is 1. The van der Waals surface area contributed by atoms with Gasteiger partial charge in [-0.2, -0.15) is 0 Å². The Balaban J connectivity index is 4.17. The van der Waals surface area contributed by atoms with Gasteiger partial charge in [-0.25, -0.2) is 9.59 Å². The molecule has 32 heavy (non-hydrogen) atoms. The molecule has 5 N–H and O–H groups in total. The Morgan fingerprint density at radius 1 is 1.12 bits per heavy atom. The SMILES string of the molecule is C=C(CBr)C(=O)OC(C)(C)CCCCC(=O)NCC(=O)NC(SCCNC(N)=O)C(C)=O. The van der Waals surface area contributed by atoms with E-state index in [-0.39, 0.29) is 31.2 Å². The van der Waals surface area contributed by atoms with Crippen LogP contribution in [0.5, 0.6) is 0 Å². The number of halogens is 1. The number of ketones is 1. The molecule has 0 aliphatic carbocycles. The molecule has 0 aliphatic heterocycles. The third-order valence-corrected chi connectivity index (χ3v) is 5.94. The highest BCUT2D eigenvalue weighted by atomic mass is 79.9. The Morgan fingerprint density at radius 2 is 1.78 bits per heavy atom. The van der Waals surface area contributed by atoms with Gasteiger partial charge in [0, 0.05) is 29.6 Å². The van der Waals surface area contributed by atoms with E-state index in [0.29, 0.717) is 35.9 Å². The molecule has 12 heteroatoms. The summed E-state index contributed by atoms with van der Waals surface area (Å²) < 4.78 is 5.40. The number of hydrogen-bond donors (Lipinski definition) is 4. The third kappa shape index (κ3) is 14.8. The maximum absolute atomic E-state index is 12.0. The largest absolute Gasteiger partial charge is 0.456 e. The average Bonchev–Trinajstić information content (AvgIpc) is 2.70. The van der Waals surface area contributed by atoms with Crippen molar-refractivity contribution in [2.45, 2.75) is 57.4 Å². The second-order valence-corrected chi connectivity index (χ2v) is 9.36. The Hall–Kier alpha value is -2.08. The monoisotopic (exact) mass is 536 g/mol. The second-order valence-electron chi connectivity index (χ2n) is 7.59. The number of ether oxygens (including phenoxy) is 1. The minimum atomic E-state index is -0.778. The van der Waals surface area contributed by atoms with E-state index in [1.807, 2.05) is 0 Å². The van der Waals surface area contributed by atoms with Gasteiger partial charge in [0.05, 0.1) is 6.54 Å². The zero-order chi connectivity index (χ0) is 24.7. The Morgan fingerprint density at radius 3 is 2.34 bits per heavy atom. The van der Waals surface area contributed by atoms with E-state index < -0.39 is 28.9 Å². The zero-order valence-corrected chi connectivity index (χ0v) is 21.2. The van der Waals surface area contributed by atoms with Crippen LogP contribution in [0.4, 0.5) is 4.79 Å². The van der Waals surface area contributed by atoms with Crippen LogP contribution in [0.15, 0.2) is 12.2 Å². The number of nitrogens with one attached hydrogen (secondary N) is 3. The number of thioether (sulfide) groups is 1. The van der Waals surface area contributed by atoms with Crippen LogP contribution in [0.25, 0.3) is 0 Å². The maximum atomic E-state index is 12.0. The Bertz CT molecular complexity index is 702. The minimum absolute atomic E-state index is 0.217. The zero-order valence-electron chi connectivity index (χ0n) is 18.8. The molecule has 1 atom stereocenters. The van der Waals surface area contributed by atoms with Gasteiger partial charge in [0.1, 0.15) is 11.0 Å². The van der Waals surface area contributed by atoms with E-state index in [1.54, 1.807) is 13.8 Å². The van der Waals surface area contributed by atoms with Crippen molar-refractivity contribution < 1.29 is 28.7 Å². The summed E-state index contributed by atoms with van der Waals surface area (Å²) in [4.78, 5) is 58.0. The first-order valence-corrected chi connectivity index (χ1v) is 12.2. The lowest BCUT2D eigenvalue weighted by Crippen LogP contribution is -2.44. The van der Waals surface area contributed by atoms with Crippen molar-refractivity contribution in [3.8, 4) is 0 Å². The van der Waals surface area contributed by atoms with Crippen molar-refractivity contribution in [3.05, 3.63) is 12.2 Å². The quantitative estimate of drug-likeness (QED) is 0.0762. The van der Waals surface area contributed by atoms with Crippen molar-refractivity contribution in [3.63, 3.8) is 0 Å². The summed E-state index contributed by atoms with van der Waals surface area (Å²) in [6.07, 6.45) is 2.01. The number of amides is 4. The van der Waals surface area contributed by atoms with Gasteiger partial charge in [0.15, 0.2) is 5.78 Å². The number of urea groups is 1. The predicted octanol–water partition coefficient (Wildman–Crippen LogP) is 1.37. The summed E-state index contributed by atoms with van der Waals surface area (Å²) >= 11 is 4.31. The number of Topliss-reactive ketones (excluding diaryl/α,β-unsaturated/α-hetero) is 1. The number of esters is 1. The topological polar surface area (TPSA) is 157 Å². The van der Waals surface area contributed by atoms with E-state index in [9.17, 15) is 24.0 Å². The molecular formula is C20H33BrN4O6S. The Kier molecular flexibility index (Phi) is 14.7. The van der Waals surface area contributed by atoms with Gasteiger partial charge in [-0.1, -0.05) is 22.5 Å². The van der Waals surface area contributed by atoms with Crippen LogP contribution in [0, 0.1) is 0 Å². The van der Waals surface area contributed by atoms with Crippen LogP contribution in [-0.2, 0) is 23.9 Å². The van der Waals surface area contributed by atoms with Gasteiger partial charge in [-0.15, -0.1) is 11.8 Å². The first kappa shape index (κ1) is 29.9. The van der Waals surface area contributed by atoms with Crippen molar-refractivity contribution in [2.24, 2.45) is 5.73 Å². The summed E-state index contributed by atoms with van der Waals surface area (Å²) in [5.74, 6) is -1.11. The molecule has 182 valence electrons. The Labute approximate surface area is 201 Å². The molecule has 0 radical (unpaired) electrons. The van der Waals surface area contributed by atoms with E-state index in [4.69, 9.17) is 10.5 Å². The van der Waals surface area contributed by atoms with Gasteiger partial charge in [-0.3, -0.25) is 14.4 Å². The van der Waals surface area contributed by atoms with Crippen LogP contribution < -0.4 is 21.7 Å². The molecular weight excluding hydrogens is 504 g/mol. The number of rotatable bonds is 16. The van der Waals surface area contributed by atoms with E-state index >= 15 is 0 Å². The summed E-state index contributed by atoms with van der Waals surface area (Å²) in [6, 6.07) is -0.665. The summed E-state index contributed by atoms with van der Waals surface area (Å²) in [5.41, 5.74) is 4.62. The number of primary amides is 1. The predicted molar refractivity (Wildman–Crippen MR) is 127 cm³/mol. The van der Waals surface area contributed by atoms with Crippen molar-refractivity contribution in [2.75, 3.05) is 24.2 Å². The van der Waals surface area contributed by atoms with Crippen LogP contribution in [0.2, 0.25) is 0 Å². The molecule has 0 rings (SSSR count). The van der Waals surface area contributed by atoms with Crippen LogP contribution >= 0.6 is 27.7 Å². The normalized spacial score (nSPS) is 11.8. The average molecular weight is 537 g/mol. The second kappa shape index (κ2) is 15.7. The van der Waals surface area contributed by atoms with Crippen molar-refractivity contribution >= 4 is 57.3 Å². The lowest BCUT2D eigenvalue weighted by Gasteiger charge is -2.25. The first-order valence-electron chi connectivity index (χ1n) is 10.1. The highest BCUT2D eigenvalue weighted by Crippen LogP contribution is 2.20. The standard InChI is InChI=1S/C20H33BrN4O6S/c1-13(11-21)18(29)31-20(3,4)8-6-5-7-15(27)24-12-16(28)25-17(14(2)26)32-10-9-23-19(22)30/h17H,1,5-12H2,2-4H3,(H,24,27)(H,25,28)(H3,22,23,30). The van der Waals surface area contributed by atoms with Crippen molar-refractivity contribution in [1.82, 2.24) is 16.0 Å². The number of carbonyl (C=O) groups is 5. The van der Waals surface area contributed by atoms with Gasteiger partial charge >= 0.3 is 12.0 Å². The van der Waals surface area contributed by atoms with E-state index in [2.05, 4.69) is 38.5 Å². The van der Waals surface area contributed by atoms with Crippen molar-refractivity contribution in [1.29, 1.82) is 0 Å². The van der Waals surface area contributed by atoms with Gasteiger partial charge in [-0.05, 0) is 40.0 Å². The van der Waals surface area contributed by atoms with Gasteiger partial charge < -0.3 is 26.4 Å². The molecule has 0 aliphatic rings. The molecule has 0 aromatic carbocycles. The first-order chi connectivity index (χ1) is 14.9. The van der Waals surface area contributed by atoms with Crippen LogP contribution in [0.1, 0.15) is 46.5 Å². The maximum Gasteiger partial charge on any atom is 0.334 e. The van der Waals surface area contributed by atoms with Crippen LogP contribution in [0.3, 0.4) is 0 Å². The van der Waals surface area contributed by atoms with E-state index in [1.165, 1.54) is 6.92 Å². The molecule has 0 aromatic rings. The molecule has 0 aromatic heterocycles. The highest BCUT2D eigenvalue weighted by Gasteiger charge is 2.23. The molecule has 0 saturated carbocycles. The number of hydrogen-bond acceptors (Lipinski definition) is 7. The molecule has 0 spiro atoms. The molecule has 1 unspecified atom stereocenters. The fraction of sp³-hybridized carbons (Fsp3) is 0.650. The van der Waals surface area contributed by atoms with Gasteiger partial charge in [0.25, 0.3) is 0 Å². The fourth-order valence-electron chi connectivity index (χ4n) is 2.34. The summed E-state index contributed by atoms with van der Waals surface area (Å²) in [5, 5.41) is 7.00. The highest BCUT2D eigenvalue weighted by molar-refractivity contribution is 9.09. The molecule has 0 bridgehead atoms. The molecule has 4 amide bonds. The number of nitrogens with two attached hydrogens (primary N) is 1. The summed E-state index contributed by atoms with van der Waals surface area (Å²) in [6.45, 7) is 8.56. The van der Waals surface area contributed by atoms with E-state index in [0.717, 1.165) is 11.8 Å². The van der Waals surface area contributed by atoms with Crippen LogP contribution in [-0.4, -0.2) is 64.7 Å². The molecule has 0 fully saturated rings. The molecule has 0 heterocycles. The third-order valence-electron chi connectivity index (χ3n) is 4.04. The molecule has 10 nitrogen and oxygen atoms in total. The molecule has 0 saturated heterocycles. The number of alkyl halides is 1. The fourth-order valence-corrected chi connectivity index (χ4v) is 3.48.